The molecule has 2 aromatic rings. The largest absolute Gasteiger partial charge is 0.494 e. The normalized spacial score (nSPS) is 25.7. The van der Waals surface area contributed by atoms with E-state index in [9.17, 15) is 4.39 Å². The zero-order chi connectivity index (χ0) is 23.4. The van der Waals surface area contributed by atoms with Crippen LogP contribution in [-0.2, 0) is 11.3 Å². The van der Waals surface area contributed by atoms with Crippen molar-refractivity contribution in [3.05, 3.63) is 64.5 Å². The minimum atomic E-state index is -0.650. The number of ether oxygens (including phenoxy) is 2. The number of methoxy groups -OCH3 is 1. The summed E-state index contributed by atoms with van der Waals surface area (Å²) in [6.07, 6.45) is 8.44. The standard InChI is InChI=1S/C28H35F3O2/c1-3-18-4-7-20(8-5-18)23-13-14-24(28(31)27(23)30)21-9-11-22(12-10-21)33-17-19-6-15-26(32-2)25(29)16-19/h6,13-16,18,20-22H,3-5,7-12,17H2,1-2H3. The Morgan fingerprint density at radius 1 is 0.788 bits per heavy atom. The molecule has 0 saturated heterocycles. The van der Waals surface area contributed by atoms with Crippen LogP contribution in [0.5, 0.6) is 5.75 Å². The second-order valence-corrected chi connectivity index (χ2v) is 9.75. The van der Waals surface area contributed by atoms with E-state index in [0.717, 1.165) is 62.8 Å². The van der Waals surface area contributed by atoms with Crippen LogP contribution < -0.4 is 4.74 Å². The Bertz CT molecular complexity index is 929. The molecule has 180 valence electrons. The van der Waals surface area contributed by atoms with Gasteiger partial charge in [-0.2, -0.15) is 0 Å². The summed E-state index contributed by atoms with van der Waals surface area (Å²) >= 11 is 0. The quantitative estimate of drug-likeness (QED) is 0.416. The molecular formula is C28H35F3O2. The molecule has 2 fully saturated rings. The van der Waals surface area contributed by atoms with Gasteiger partial charge in [-0.25, -0.2) is 13.2 Å². The second-order valence-electron chi connectivity index (χ2n) is 9.75. The van der Waals surface area contributed by atoms with Crippen LogP contribution >= 0.6 is 0 Å². The van der Waals surface area contributed by atoms with Gasteiger partial charge in [-0.15, -0.1) is 0 Å². The third kappa shape index (κ3) is 5.56. The molecule has 0 atom stereocenters. The molecule has 0 aromatic heterocycles. The molecule has 5 heteroatoms. The molecule has 0 N–H and O–H groups in total. The van der Waals surface area contributed by atoms with Gasteiger partial charge >= 0.3 is 0 Å². The highest BCUT2D eigenvalue weighted by Gasteiger charge is 2.29. The Morgan fingerprint density at radius 2 is 1.36 bits per heavy atom. The summed E-state index contributed by atoms with van der Waals surface area (Å²) < 4.78 is 54.9. The van der Waals surface area contributed by atoms with E-state index in [2.05, 4.69) is 6.92 Å². The molecule has 2 aliphatic rings. The predicted octanol–water partition coefficient (Wildman–Crippen LogP) is 8.04. The van der Waals surface area contributed by atoms with E-state index < -0.39 is 17.5 Å². The molecule has 0 unspecified atom stereocenters. The molecule has 0 bridgehead atoms. The Kier molecular flexibility index (Phi) is 8.00. The molecular weight excluding hydrogens is 425 g/mol. The summed E-state index contributed by atoms with van der Waals surface area (Å²) in [5, 5.41) is 0. The molecule has 4 rings (SSSR count). The molecule has 2 aromatic carbocycles. The maximum Gasteiger partial charge on any atom is 0.165 e. The zero-order valence-electron chi connectivity index (χ0n) is 19.7. The van der Waals surface area contributed by atoms with E-state index in [1.807, 2.05) is 12.1 Å². The van der Waals surface area contributed by atoms with Crippen LogP contribution in [0.1, 0.15) is 93.2 Å². The summed E-state index contributed by atoms with van der Waals surface area (Å²) in [6.45, 7) is 2.53. The summed E-state index contributed by atoms with van der Waals surface area (Å²) in [5.41, 5.74) is 1.83. The van der Waals surface area contributed by atoms with Crippen molar-refractivity contribution >= 4 is 0 Å². The minimum absolute atomic E-state index is 0.0164. The number of hydrogen-bond donors (Lipinski definition) is 0. The van der Waals surface area contributed by atoms with Crippen molar-refractivity contribution in [3.63, 3.8) is 0 Å². The Hall–Kier alpha value is -2.01. The van der Waals surface area contributed by atoms with Gasteiger partial charge in [0.05, 0.1) is 19.8 Å². The maximum absolute atomic E-state index is 15.1. The second kappa shape index (κ2) is 10.9. The van der Waals surface area contributed by atoms with Gasteiger partial charge in [0.25, 0.3) is 0 Å². The van der Waals surface area contributed by atoms with Crippen molar-refractivity contribution < 1.29 is 22.6 Å². The number of halogens is 3. The van der Waals surface area contributed by atoms with Crippen molar-refractivity contribution in [1.29, 1.82) is 0 Å². The molecule has 2 saturated carbocycles. The van der Waals surface area contributed by atoms with Crippen molar-refractivity contribution in [2.75, 3.05) is 7.11 Å². The van der Waals surface area contributed by atoms with E-state index in [1.165, 1.54) is 19.6 Å². The Labute approximate surface area is 195 Å². The Morgan fingerprint density at radius 3 is 1.88 bits per heavy atom. The van der Waals surface area contributed by atoms with E-state index in [4.69, 9.17) is 9.47 Å². The first-order chi connectivity index (χ1) is 16.0. The van der Waals surface area contributed by atoms with E-state index in [1.54, 1.807) is 12.1 Å². The van der Waals surface area contributed by atoms with Gasteiger partial charge in [-0.3, -0.25) is 0 Å². The lowest BCUT2D eigenvalue weighted by Crippen LogP contribution is -2.22. The van der Waals surface area contributed by atoms with Crippen molar-refractivity contribution in [1.82, 2.24) is 0 Å². The van der Waals surface area contributed by atoms with Crippen LogP contribution in [0, 0.1) is 23.4 Å². The van der Waals surface area contributed by atoms with Crippen LogP contribution in [0.2, 0.25) is 0 Å². The monoisotopic (exact) mass is 460 g/mol. The topological polar surface area (TPSA) is 18.5 Å². The van der Waals surface area contributed by atoms with Gasteiger partial charge in [-0.1, -0.05) is 31.5 Å². The average Bonchev–Trinajstić information content (AvgIpc) is 2.85. The van der Waals surface area contributed by atoms with Gasteiger partial charge in [0, 0.05) is 0 Å². The van der Waals surface area contributed by atoms with E-state index in [0.29, 0.717) is 17.7 Å². The SMILES string of the molecule is CCC1CCC(c2ccc(C3CCC(OCc4ccc(OC)c(F)c4)CC3)c(F)c2F)CC1. The highest BCUT2D eigenvalue weighted by molar-refractivity contribution is 5.32. The zero-order valence-corrected chi connectivity index (χ0v) is 19.7. The van der Waals surface area contributed by atoms with Crippen LogP contribution in [0.25, 0.3) is 0 Å². The fourth-order valence-corrected chi connectivity index (χ4v) is 5.65. The molecule has 0 radical (unpaired) electrons. The fourth-order valence-electron chi connectivity index (χ4n) is 5.65. The minimum Gasteiger partial charge on any atom is -0.494 e. The van der Waals surface area contributed by atoms with Crippen LogP contribution in [0.4, 0.5) is 13.2 Å². The predicted molar refractivity (Wildman–Crippen MR) is 124 cm³/mol. The summed E-state index contributed by atoms with van der Waals surface area (Å²) in [7, 11) is 1.44. The van der Waals surface area contributed by atoms with Crippen LogP contribution in [0.15, 0.2) is 30.3 Å². The molecule has 33 heavy (non-hydrogen) atoms. The lowest BCUT2D eigenvalue weighted by atomic mass is 9.76. The first-order valence-corrected chi connectivity index (χ1v) is 12.4. The third-order valence-electron chi connectivity index (χ3n) is 7.82. The van der Waals surface area contributed by atoms with Crippen LogP contribution in [-0.4, -0.2) is 13.2 Å². The molecule has 2 nitrogen and oxygen atoms in total. The van der Waals surface area contributed by atoms with Crippen molar-refractivity contribution in [2.24, 2.45) is 5.92 Å². The first-order valence-electron chi connectivity index (χ1n) is 12.4. The van der Waals surface area contributed by atoms with E-state index >= 15 is 8.78 Å². The van der Waals surface area contributed by atoms with Gasteiger partial charge in [0.15, 0.2) is 23.2 Å². The molecule has 2 aliphatic carbocycles. The number of benzene rings is 2. The number of hydrogen-bond acceptors (Lipinski definition) is 2. The van der Waals surface area contributed by atoms with Gasteiger partial charge in [-0.05, 0) is 97.9 Å². The lowest BCUT2D eigenvalue weighted by Gasteiger charge is -2.31. The molecule has 0 aliphatic heterocycles. The van der Waals surface area contributed by atoms with Gasteiger partial charge < -0.3 is 9.47 Å². The number of rotatable bonds is 7. The van der Waals surface area contributed by atoms with Crippen LogP contribution in [0.3, 0.4) is 0 Å². The van der Waals surface area contributed by atoms with E-state index in [-0.39, 0.29) is 23.7 Å². The van der Waals surface area contributed by atoms with Crippen molar-refractivity contribution in [3.8, 4) is 5.75 Å². The van der Waals surface area contributed by atoms with Crippen molar-refractivity contribution in [2.45, 2.75) is 89.3 Å². The summed E-state index contributed by atoms with van der Waals surface area (Å²) in [6, 6.07) is 8.49. The average molecular weight is 461 g/mol. The fraction of sp³-hybridized carbons (Fsp3) is 0.571. The highest BCUT2D eigenvalue weighted by atomic mass is 19.2. The summed E-state index contributed by atoms with van der Waals surface area (Å²) in [4.78, 5) is 0. The smallest absolute Gasteiger partial charge is 0.165 e. The van der Waals surface area contributed by atoms with Gasteiger partial charge in [0.2, 0.25) is 0 Å². The summed E-state index contributed by atoms with van der Waals surface area (Å²) in [5.74, 6) is -0.578. The highest BCUT2D eigenvalue weighted by Crippen LogP contribution is 2.41. The molecule has 0 amide bonds. The molecule has 0 heterocycles. The van der Waals surface area contributed by atoms with Gasteiger partial charge in [0.1, 0.15) is 0 Å². The Balaban J connectivity index is 1.32. The maximum atomic E-state index is 15.1. The molecule has 0 spiro atoms. The first kappa shape index (κ1) is 24.1. The lowest BCUT2D eigenvalue weighted by molar-refractivity contribution is 0.0130. The third-order valence-corrected chi connectivity index (χ3v) is 7.82.